The largest absolute Gasteiger partial charge is 0.250 e. The second-order valence-corrected chi connectivity index (χ2v) is 6.65. The van der Waals surface area contributed by atoms with Crippen LogP contribution in [0, 0.1) is 0 Å². The van der Waals surface area contributed by atoms with E-state index in [4.69, 9.17) is 11.6 Å². The Morgan fingerprint density at radius 3 is 2.64 bits per heavy atom. The Bertz CT molecular complexity index is 399. The van der Waals surface area contributed by atoms with E-state index in [0.29, 0.717) is 4.34 Å². The molecular weight excluding hydrogens is 242 g/mol. The van der Waals surface area contributed by atoms with Crippen LogP contribution in [0.5, 0.6) is 0 Å². The van der Waals surface area contributed by atoms with Crippen LogP contribution in [0.15, 0.2) is 16.3 Å². The Balaban J connectivity index is 2.86. The van der Waals surface area contributed by atoms with Gasteiger partial charge in [-0.25, -0.2) is 13.1 Å². The molecule has 0 spiro atoms. The third kappa shape index (κ3) is 2.95. The molecule has 0 radical (unpaired) electrons. The number of rotatable bonds is 4. The van der Waals surface area contributed by atoms with Crippen LogP contribution >= 0.6 is 22.9 Å². The fraction of sp³-hybridized carbons (Fsp3) is 0.500. The van der Waals surface area contributed by atoms with Gasteiger partial charge < -0.3 is 0 Å². The monoisotopic (exact) mass is 253 g/mol. The van der Waals surface area contributed by atoms with Crippen molar-refractivity contribution < 1.29 is 8.42 Å². The summed E-state index contributed by atoms with van der Waals surface area (Å²) in [6.45, 7) is 3.75. The van der Waals surface area contributed by atoms with Gasteiger partial charge in [0.25, 0.3) is 0 Å². The summed E-state index contributed by atoms with van der Waals surface area (Å²) in [6, 6.07) is 3.04. The van der Waals surface area contributed by atoms with Gasteiger partial charge >= 0.3 is 0 Å². The van der Waals surface area contributed by atoms with Crippen molar-refractivity contribution in [1.29, 1.82) is 0 Å². The van der Waals surface area contributed by atoms with Crippen LogP contribution in [0.3, 0.4) is 0 Å². The fourth-order valence-electron chi connectivity index (χ4n) is 0.848. The van der Waals surface area contributed by atoms with E-state index in [1.807, 2.05) is 13.8 Å². The maximum Gasteiger partial charge on any atom is 0.250 e. The second kappa shape index (κ2) is 4.61. The minimum Gasteiger partial charge on any atom is -0.208 e. The lowest BCUT2D eigenvalue weighted by molar-refractivity contribution is 0.558. The standard InChI is InChI=1S/C8H12ClNO2S2/c1-3-6(2)10-14(11,12)8-5-4-7(9)13-8/h4-6,10H,3H2,1-2H3/t6-/m1/s1. The molecule has 1 atom stereocenters. The van der Waals surface area contributed by atoms with E-state index in [2.05, 4.69) is 4.72 Å². The maximum absolute atomic E-state index is 11.7. The molecule has 0 fully saturated rings. The highest BCUT2D eigenvalue weighted by molar-refractivity contribution is 7.91. The van der Waals surface area contributed by atoms with Gasteiger partial charge in [-0.1, -0.05) is 18.5 Å². The molecule has 0 amide bonds. The molecule has 0 aliphatic carbocycles. The highest BCUT2D eigenvalue weighted by Crippen LogP contribution is 2.25. The molecule has 1 rings (SSSR count). The summed E-state index contributed by atoms with van der Waals surface area (Å²) < 4.78 is 26.6. The molecule has 0 aliphatic rings. The van der Waals surface area contributed by atoms with Gasteiger partial charge in [0.05, 0.1) is 4.34 Å². The van der Waals surface area contributed by atoms with E-state index in [9.17, 15) is 8.42 Å². The fourth-order valence-corrected chi connectivity index (χ4v) is 3.67. The Morgan fingerprint density at radius 2 is 2.21 bits per heavy atom. The van der Waals surface area contributed by atoms with Crippen molar-refractivity contribution in [3.8, 4) is 0 Å². The molecule has 1 aromatic rings. The van der Waals surface area contributed by atoms with E-state index >= 15 is 0 Å². The molecule has 0 unspecified atom stereocenters. The lowest BCUT2D eigenvalue weighted by atomic mass is 10.3. The van der Waals surface area contributed by atoms with Gasteiger partial charge in [0.1, 0.15) is 4.21 Å². The van der Waals surface area contributed by atoms with Crippen molar-refractivity contribution in [2.45, 2.75) is 30.5 Å². The van der Waals surface area contributed by atoms with Crippen LogP contribution in [0.2, 0.25) is 4.34 Å². The maximum atomic E-state index is 11.7. The molecule has 0 bridgehead atoms. The van der Waals surface area contributed by atoms with E-state index < -0.39 is 10.0 Å². The molecule has 0 aromatic carbocycles. The van der Waals surface area contributed by atoms with Crippen molar-refractivity contribution in [1.82, 2.24) is 4.72 Å². The lowest BCUT2D eigenvalue weighted by Gasteiger charge is -2.10. The predicted octanol–water partition coefficient (Wildman–Crippen LogP) is 2.48. The zero-order valence-corrected chi connectivity index (χ0v) is 10.3. The molecule has 80 valence electrons. The van der Waals surface area contributed by atoms with Crippen LogP contribution in [0.4, 0.5) is 0 Å². The van der Waals surface area contributed by atoms with E-state index in [0.717, 1.165) is 17.8 Å². The third-order valence-corrected chi connectivity index (χ3v) is 5.09. The average Bonchev–Trinajstić information content (AvgIpc) is 2.51. The van der Waals surface area contributed by atoms with Gasteiger partial charge in [-0.3, -0.25) is 0 Å². The summed E-state index contributed by atoms with van der Waals surface area (Å²) in [5.41, 5.74) is 0. The van der Waals surface area contributed by atoms with Crippen molar-refractivity contribution in [3.63, 3.8) is 0 Å². The van der Waals surface area contributed by atoms with Crippen molar-refractivity contribution in [2.75, 3.05) is 0 Å². The number of hydrogen-bond donors (Lipinski definition) is 1. The normalized spacial score (nSPS) is 14.2. The number of hydrogen-bond acceptors (Lipinski definition) is 3. The van der Waals surface area contributed by atoms with Crippen LogP contribution in [-0.2, 0) is 10.0 Å². The first-order valence-corrected chi connectivity index (χ1v) is 6.91. The number of sulfonamides is 1. The van der Waals surface area contributed by atoms with E-state index in [1.54, 1.807) is 6.07 Å². The van der Waals surface area contributed by atoms with Gasteiger partial charge in [0, 0.05) is 6.04 Å². The first kappa shape index (κ1) is 12.0. The predicted molar refractivity (Wildman–Crippen MR) is 59.4 cm³/mol. The first-order chi connectivity index (χ1) is 6.45. The Kier molecular flexibility index (Phi) is 3.94. The molecule has 0 saturated carbocycles. The van der Waals surface area contributed by atoms with Gasteiger partial charge in [0.15, 0.2) is 0 Å². The van der Waals surface area contributed by atoms with Crippen LogP contribution in [0.1, 0.15) is 20.3 Å². The summed E-state index contributed by atoms with van der Waals surface area (Å²) in [4.78, 5) is 0. The highest BCUT2D eigenvalue weighted by Gasteiger charge is 2.18. The average molecular weight is 254 g/mol. The van der Waals surface area contributed by atoms with Gasteiger partial charge in [-0.05, 0) is 25.5 Å². The zero-order valence-electron chi connectivity index (χ0n) is 7.95. The molecule has 14 heavy (non-hydrogen) atoms. The van der Waals surface area contributed by atoms with E-state index in [1.165, 1.54) is 6.07 Å². The third-order valence-electron chi connectivity index (χ3n) is 1.78. The Morgan fingerprint density at radius 1 is 1.57 bits per heavy atom. The minimum atomic E-state index is -3.37. The SMILES string of the molecule is CC[C@@H](C)NS(=O)(=O)c1ccc(Cl)s1. The molecule has 0 saturated heterocycles. The van der Waals surface area contributed by atoms with E-state index in [-0.39, 0.29) is 10.3 Å². The number of nitrogens with one attached hydrogen (secondary N) is 1. The summed E-state index contributed by atoms with van der Waals surface area (Å²) >= 11 is 6.73. The Labute approximate surface area is 93.1 Å². The van der Waals surface area contributed by atoms with Crippen molar-refractivity contribution >= 4 is 33.0 Å². The molecule has 1 aromatic heterocycles. The van der Waals surface area contributed by atoms with Crippen LogP contribution < -0.4 is 4.72 Å². The highest BCUT2D eigenvalue weighted by atomic mass is 35.5. The first-order valence-electron chi connectivity index (χ1n) is 4.23. The molecule has 6 heteroatoms. The number of thiophene rings is 1. The summed E-state index contributed by atoms with van der Waals surface area (Å²) in [6.07, 6.45) is 0.762. The van der Waals surface area contributed by atoms with Crippen LogP contribution in [-0.4, -0.2) is 14.5 Å². The number of halogens is 1. The van der Waals surface area contributed by atoms with Crippen molar-refractivity contribution in [2.24, 2.45) is 0 Å². The quantitative estimate of drug-likeness (QED) is 0.896. The minimum absolute atomic E-state index is 0.0547. The van der Waals surface area contributed by atoms with Crippen LogP contribution in [0.25, 0.3) is 0 Å². The summed E-state index contributed by atoms with van der Waals surface area (Å²) in [7, 11) is -3.37. The summed E-state index contributed by atoms with van der Waals surface area (Å²) in [5, 5.41) is 0. The molecule has 3 nitrogen and oxygen atoms in total. The van der Waals surface area contributed by atoms with Crippen molar-refractivity contribution in [3.05, 3.63) is 16.5 Å². The molecule has 1 heterocycles. The Hall–Kier alpha value is -0.100. The summed E-state index contributed by atoms with van der Waals surface area (Å²) in [5.74, 6) is 0. The topological polar surface area (TPSA) is 46.2 Å². The molecular formula is C8H12ClNO2S2. The van der Waals surface area contributed by atoms with Gasteiger partial charge in [-0.15, -0.1) is 11.3 Å². The zero-order chi connectivity index (χ0) is 10.8. The molecule has 0 aliphatic heterocycles. The lowest BCUT2D eigenvalue weighted by Crippen LogP contribution is -2.31. The molecule has 1 N–H and O–H groups in total. The smallest absolute Gasteiger partial charge is 0.208 e. The second-order valence-electron chi connectivity index (χ2n) is 2.99. The van der Waals surface area contributed by atoms with Gasteiger partial charge in [-0.2, -0.15) is 0 Å². The van der Waals surface area contributed by atoms with Gasteiger partial charge in [0.2, 0.25) is 10.0 Å².